The largest absolute Gasteiger partial charge is 0.478 e. The van der Waals surface area contributed by atoms with E-state index in [9.17, 15) is 13.2 Å². The molecule has 2 aromatic rings. The lowest BCUT2D eigenvalue weighted by atomic mass is 10.1. The van der Waals surface area contributed by atoms with E-state index in [-0.39, 0.29) is 16.3 Å². The van der Waals surface area contributed by atoms with Crippen molar-refractivity contribution < 1.29 is 18.3 Å². The second-order valence-electron chi connectivity index (χ2n) is 5.60. The van der Waals surface area contributed by atoms with Crippen LogP contribution in [0.25, 0.3) is 11.1 Å². The number of pyridine rings is 1. The van der Waals surface area contributed by atoms with Crippen molar-refractivity contribution >= 4 is 21.8 Å². The highest BCUT2D eigenvalue weighted by atomic mass is 32.2. The summed E-state index contributed by atoms with van der Waals surface area (Å²) in [6.45, 7) is 1.05. The van der Waals surface area contributed by atoms with Crippen LogP contribution in [-0.2, 0) is 10.0 Å². The molecule has 0 radical (unpaired) electrons. The van der Waals surface area contributed by atoms with E-state index in [0.717, 1.165) is 12.8 Å². The molecule has 0 atom stereocenters. The van der Waals surface area contributed by atoms with Gasteiger partial charge in [0.25, 0.3) is 0 Å². The van der Waals surface area contributed by atoms with Crippen molar-refractivity contribution in [2.24, 2.45) is 0 Å². The normalized spacial score (nSPS) is 15.5. The predicted octanol–water partition coefficient (Wildman–Crippen LogP) is 1.81. The van der Waals surface area contributed by atoms with Crippen LogP contribution in [0, 0.1) is 0 Å². The van der Waals surface area contributed by atoms with Gasteiger partial charge in [-0.3, -0.25) is 0 Å². The minimum absolute atomic E-state index is 0.0768. The molecular weight excluding hydrogens is 330 g/mol. The number of carboxylic acids is 1. The molecule has 0 spiro atoms. The second kappa shape index (κ2) is 6.21. The number of anilines is 1. The third-order valence-corrected chi connectivity index (χ3v) is 5.91. The molecule has 126 valence electrons. The smallest absolute Gasteiger partial charge is 0.339 e. The Hall–Kier alpha value is -2.45. The summed E-state index contributed by atoms with van der Waals surface area (Å²) in [6.07, 6.45) is 3.16. The van der Waals surface area contributed by atoms with E-state index in [1.807, 2.05) is 0 Å². The first-order valence-corrected chi connectivity index (χ1v) is 8.93. The summed E-state index contributed by atoms with van der Waals surface area (Å²) in [5, 5.41) is 9.14. The molecule has 3 N–H and O–H groups in total. The molecule has 0 bridgehead atoms. The van der Waals surface area contributed by atoms with Gasteiger partial charge in [-0.15, -0.1) is 0 Å². The van der Waals surface area contributed by atoms with Gasteiger partial charge in [0.05, 0.1) is 4.90 Å². The number of hydrogen-bond donors (Lipinski definition) is 2. The number of benzene rings is 1. The zero-order chi connectivity index (χ0) is 17.3. The van der Waals surface area contributed by atoms with Gasteiger partial charge in [0.15, 0.2) is 0 Å². The summed E-state index contributed by atoms with van der Waals surface area (Å²) < 4.78 is 26.8. The van der Waals surface area contributed by atoms with Crippen LogP contribution in [0.3, 0.4) is 0 Å². The molecule has 2 heterocycles. The van der Waals surface area contributed by atoms with Crippen LogP contribution in [0.4, 0.5) is 5.82 Å². The highest BCUT2D eigenvalue weighted by Crippen LogP contribution is 2.27. The Morgan fingerprint density at radius 1 is 1.17 bits per heavy atom. The monoisotopic (exact) mass is 347 g/mol. The predicted molar refractivity (Wildman–Crippen MR) is 89.0 cm³/mol. The molecule has 7 nitrogen and oxygen atoms in total. The van der Waals surface area contributed by atoms with Crippen LogP contribution < -0.4 is 5.73 Å². The van der Waals surface area contributed by atoms with Crippen LogP contribution in [0.1, 0.15) is 23.2 Å². The van der Waals surface area contributed by atoms with Crippen molar-refractivity contribution in [3.8, 4) is 11.1 Å². The molecule has 0 unspecified atom stereocenters. The van der Waals surface area contributed by atoms with Gasteiger partial charge in [0.2, 0.25) is 10.0 Å². The van der Waals surface area contributed by atoms with E-state index in [1.165, 1.54) is 22.6 Å². The van der Waals surface area contributed by atoms with Gasteiger partial charge in [0, 0.05) is 24.8 Å². The Kier molecular flexibility index (Phi) is 4.25. The lowest BCUT2D eigenvalue weighted by Crippen LogP contribution is -2.27. The zero-order valence-corrected chi connectivity index (χ0v) is 13.7. The van der Waals surface area contributed by atoms with E-state index in [0.29, 0.717) is 24.2 Å². The van der Waals surface area contributed by atoms with Gasteiger partial charge in [-0.2, -0.15) is 4.31 Å². The van der Waals surface area contributed by atoms with Gasteiger partial charge in [-0.1, -0.05) is 12.1 Å². The number of nitrogen functional groups attached to an aromatic ring is 1. The highest BCUT2D eigenvalue weighted by molar-refractivity contribution is 7.89. The van der Waals surface area contributed by atoms with Crippen LogP contribution >= 0.6 is 0 Å². The molecule has 1 aliphatic heterocycles. The maximum Gasteiger partial charge on any atom is 0.339 e. The van der Waals surface area contributed by atoms with Crippen molar-refractivity contribution in [1.82, 2.24) is 9.29 Å². The van der Waals surface area contributed by atoms with Crippen LogP contribution in [-0.4, -0.2) is 41.9 Å². The first-order valence-electron chi connectivity index (χ1n) is 7.49. The van der Waals surface area contributed by atoms with Gasteiger partial charge < -0.3 is 10.8 Å². The van der Waals surface area contributed by atoms with Crippen LogP contribution in [0.2, 0.25) is 0 Å². The number of sulfonamides is 1. The lowest BCUT2D eigenvalue weighted by Gasteiger charge is -2.16. The summed E-state index contributed by atoms with van der Waals surface area (Å²) >= 11 is 0. The molecule has 3 rings (SSSR count). The Morgan fingerprint density at radius 3 is 2.54 bits per heavy atom. The highest BCUT2D eigenvalue weighted by Gasteiger charge is 2.27. The zero-order valence-electron chi connectivity index (χ0n) is 12.8. The Labute approximate surface area is 139 Å². The summed E-state index contributed by atoms with van der Waals surface area (Å²) in [4.78, 5) is 15.3. The van der Waals surface area contributed by atoms with Gasteiger partial charge in [-0.25, -0.2) is 18.2 Å². The third-order valence-electron chi connectivity index (χ3n) is 4.02. The number of carboxylic acid groups (broad SMARTS) is 1. The molecule has 0 amide bonds. The molecule has 1 fully saturated rings. The minimum Gasteiger partial charge on any atom is -0.478 e. The molecule has 1 aliphatic rings. The number of carbonyl (C=O) groups is 1. The topological polar surface area (TPSA) is 114 Å². The van der Waals surface area contributed by atoms with Gasteiger partial charge >= 0.3 is 5.97 Å². The summed E-state index contributed by atoms with van der Waals surface area (Å²) in [7, 11) is -3.53. The SMILES string of the molecule is Nc1ncc(-c2cccc(S(=O)(=O)N3CCCC3)c2)cc1C(=O)O. The molecule has 1 saturated heterocycles. The Balaban J connectivity index is 2.02. The number of aromatic nitrogens is 1. The van der Waals surface area contributed by atoms with Crippen molar-refractivity contribution in [1.29, 1.82) is 0 Å². The molecule has 0 saturated carbocycles. The third kappa shape index (κ3) is 2.98. The van der Waals surface area contributed by atoms with E-state index in [4.69, 9.17) is 10.8 Å². The molecule has 24 heavy (non-hydrogen) atoms. The van der Waals surface area contributed by atoms with Crippen molar-refractivity contribution in [2.75, 3.05) is 18.8 Å². The fourth-order valence-electron chi connectivity index (χ4n) is 2.72. The summed E-state index contributed by atoms with van der Waals surface area (Å²) in [5.41, 5.74) is 6.52. The lowest BCUT2D eigenvalue weighted by molar-refractivity contribution is 0.0697. The first-order chi connectivity index (χ1) is 11.4. The number of aromatic carboxylic acids is 1. The molecular formula is C16H17N3O4S. The van der Waals surface area contributed by atoms with E-state index >= 15 is 0 Å². The Bertz CT molecular complexity index is 890. The molecule has 1 aromatic heterocycles. The number of nitrogens with zero attached hydrogens (tertiary/aromatic N) is 2. The van der Waals surface area contributed by atoms with Gasteiger partial charge in [0.1, 0.15) is 11.4 Å². The van der Waals surface area contributed by atoms with Crippen molar-refractivity contribution in [3.63, 3.8) is 0 Å². The molecule has 8 heteroatoms. The van der Waals surface area contributed by atoms with E-state index in [2.05, 4.69) is 4.98 Å². The maximum absolute atomic E-state index is 12.6. The fourth-order valence-corrected chi connectivity index (χ4v) is 4.28. The fraction of sp³-hybridized carbons (Fsp3) is 0.250. The van der Waals surface area contributed by atoms with Gasteiger partial charge in [-0.05, 0) is 36.6 Å². The quantitative estimate of drug-likeness (QED) is 0.872. The van der Waals surface area contributed by atoms with Crippen LogP contribution in [0.5, 0.6) is 0 Å². The van der Waals surface area contributed by atoms with Crippen molar-refractivity contribution in [3.05, 3.63) is 42.1 Å². The Morgan fingerprint density at radius 2 is 1.88 bits per heavy atom. The average molecular weight is 347 g/mol. The van der Waals surface area contributed by atoms with Crippen molar-refractivity contribution in [2.45, 2.75) is 17.7 Å². The maximum atomic E-state index is 12.6. The second-order valence-corrected chi connectivity index (χ2v) is 7.54. The minimum atomic E-state index is -3.53. The molecule has 0 aliphatic carbocycles. The average Bonchev–Trinajstić information content (AvgIpc) is 3.10. The summed E-state index contributed by atoms with van der Waals surface area (Å²) in [5.74, 6) is -1.25. The summed E-state index contributed by atoms with van der Waals surface area (Å²) in [6, 6.07) is 7.82. The number of hydrogen-bond acceptors (Lipinski definition) is 5. The van der Waals surface area contributed by atoms with E-state index < -0.39 is 16.0 Å². The standard InChI is InChI=1S/C16H17N3O4S/c17-15-14(16(20)21)9-12(10-18-15)11-4-3-5-13(8-11)24(22,23)19-6-1-2-7-19/h3-5,8-10H,1-2,6-7H2,(H2,17,18)(H,20,21). The number of nitrogens with two attached hydrogens (primary N) is 1. The van der Waals surface area contributed by atoms with Crippen LogP contribution in [0.15, 0.2) is 41.4 Å². The van der Waals surface area contributed by atoms with E-state index in [1.54, 1.807) is 18.2 Å². The number of rotatable bonds is 4. The molecule has 1 aromatic carbocycles. The first kappa shape index (κ1) is 16.4.